The molecule has 4 bridgehead atoms. The van der Waals surface area contributed by atoms with Gasteiger partial charge in [0.15, 0.2) is 0 Å². The molecule has 20 heavy (non-hydrogen) atoms. The second kappa shape index (κ2) is 4.91. The third kappa shape index (κ3) is 2.04. The number of nitrogens with one attached hydrogen (secondary N) is 1. The van der Waals surface area contributed by atoms with Gasteiger partial charge in [-0.2, -0.15) is 0 Å². The van der Waals surface area contributed by atoms with E-state index < -0.39 is 0 Å². The molecule has 0 amide bonds. The zero-order chi connectivity index (χ0) is 13.6. The maximum atomic E-state index is 5.82. The van der Waals surface area contributed by atoms with Gasteiger partial charge >= 0.3 is 0 Å². The molecule has 0 aromatic carbocycles. The van der Waals surface area contributed by atoms with Crippen LogP contribution in [0.1, 0.15) is 63.7 Å². The van der Waals surface area contributed by atoms with Gasteiger partial charge in [0.05, 0.1) is 12.3 Å². The maximum Gasteiger partial charge on any atom is 0.121 e. The smallest absolute Gasteiger partial charge is 0.121 e. The maximum absolute atomic E-state index is 5.82. The molecular weight excluding hydrogens is 246 g/mol. The lowest BCUT2D eigenvalue weighted by atomic mass is 9.47. The molecular formula is C18H27NO. The summed E-state index contributed by atoms with van der Waals surface area (Å²) in [5.41, 5.74) is 0.488. The number of hydrogen-bond donors (Lipinski definition) is 1. The molecule has 1 aromatic rings. The van der Waals surface area contributed by atoms with Crippen molar-refractivity contribution in [3.8, 4) is 0 Å². The number of rotatable bonds is 5. The largest absolute Gasteiger partial charge is 0.468 e. The summed E-state index contributed by atoms with van der Waals surface area (Å²) in [5.74, 6) is 4.19. The molecule has 0 aliphatic heterocycles. The van der Waals surface area contributed by atoms with Crippen molar-refractivity contribution in [1.82, 2.24) is 5.32 Å². The van der Waals surface area contributed by atoms with Crippen molar-refractivity contribution in [2.24, 2.45) is 23.2 Å². The van der Waals surface area contributed by atoms with Crippen molar-refractivity contribution in [3.05, 3.63) is 24.2 Å². The topological polar surface area (TPSA) is 25.2 Å². The van der Waals surface area contributed by atoms with Gasteiger partial charge in [-0.25, -0.2) is 0 Å². The molecule has 1 heterocycles. The second-order valence-electron chi connectivity index (χ2n) is 7.68. The van der Waals surface area contributed by atoms with Crippen LogP contribution in [-0.2, 0) is 0 Å². The van der Waals surface area contributed by atoms with Gasteiger partial charge < -0.3 is 9.73 Å². The number of hydrogen-bond acceptors (Lipinski definition) is 2. The van der Waals surface area contributed by atoms with Crippen molar-refractivity contribution < 1.29 is 4.42 Å². The van der Waals surface area contributed by atoms with E-state index in [9.17, 15) is 0 Å². The van der Waals surface area contributed by atoms with Crippen LogP contribution in [0.4, 0.5) is 0 Å². The highest BCUT2D eigenvalue weighted by Crippen LogP contribution is 2.64. The molecule has 4 fully saturated rings. The van der Waals surface area contributed by atoms with Crippen molar-refractivity contribution in [2.45, 2.75) is 57.9 Å². The number of furan rings is 1. The van der Waals surface area contributed by atoms with Gasteiger partial charge in [0.25, 0.3) is 0 Å². The SMILES string of the molecule is CCCNC(c1ccco1)C12CC3CC(CC(C3)C1)C2. The fraction of sp³-hybridized carbons (Fsp3) is 0.778. The third-order valence-corrected chi connectivity index (χ3v) is 6.12. The molecule has 0 saturated heterocycles. The fourth-order valence-electron chi connectivity index (χ4n) is 5.89. The van der Waals surface area contributed by atoms with Crippen LogP contribution in [0.3, 0.4) is 0 Å². The average Bonchev–Trinajstić information content (AvgIpc) is 2.91. The second-order valence-corrected chi connectivity index (χ2v) is 7.68. The van der Waals surface area contributed by atoms with Crippen LogP contribution in [0.25, 0.3) is 0 Å². The first-order valence-corrected chi connectivity index (χ1v) is 8.56. The Labute approximate surface area is 122 Å². The molecule has 2 heteroatoms. The van der Waals surface area contributed by atoms with Crippen LogP contribution in [0.5, 0.6) is 0 Å². The molecule has 1 unspecified atom stereocenters. The highest BCUT2D eigenvalue weighted by Gasteiger charge is 2.54. The van der Waals surface area contributed by atoms with Gasteiger partial charge in [0.1, 0.15) is 5.76 Å². The standard InChI is InChI=1S/C18H27NO/c1-2-5-19-17(16-4-3-6-20-16)18-10-13-7-14(11-18)9-15(8-13)12-18/h3-4,6,13-15,17,19H,2,5,7-12H2,1H3. The summed E-state index contributed by atoms with van der Waals surface area (Å²) in [6, 6.07) is 4.69. The molecule has 5 rings (SSSR count). The van der Waals surface area contributed by atoms with E-state index in [1.54, 1.807) is 0 Å². The molecule has 2 nitrogen and oxygen atoms in total. The van der Waals surface area contributed by atoms with Gasteiger partial charge in [0.2, 0.25) is 0 Å². The molecule has 4 aliphatic carbocycles. The summed E-state index contributed by atoms with van der Waals surface area (Å²) in [5, 5.41) is 3.84. The molecule has 1 aromatic heterocycles. The van der Waals surface area contributed by atoms with E-state index in [1.165, 1.54) is 50.7 Å². The molecule has 0 spiro atoms. The van der Waals surface area contributed by atoms with E-state index in [0.29, 0.717) is 11.5 Å². The van der Waals surface area contributed by atoms with Gasteiger partial charge in [0, 0.05) is 0 Å². The molecule has 110 valence electrons. The Balaban J connectivity index is 1.65. The lowest BCUT2D eigenvalue weighted by Gasteiger charge is -2.59. The van der Waals surface area contributed by atoms with Crippen LogP contribution in [0, 0.1) is 23.2 Å². The lowest BCUT2D eigenvalue weighted by molar-refractivity contribution is -0.0783. The quantitative estimate of drug-likeness (QED) is 0.852. The summed E-state index contributed by atoms with van der Waals surface area (Å²) in [6.45, 7) is 3.36. The van der Waals surface area contributed by atoms with E-state index in [-0.39, 0.29) is 0 Å². The van der Waals surface area contributed by atoms with Crippen molar-refractivity contribution >= 4 is 0 Å². The Kier molecular flexibility index (Phi) is 3.17. The lowest BCUT2D eigenvalue weighted by Crippen LogP contribution is -2.52. The van der Waals surface area contributed by atoms with Crippen LogP contribution >= 0.6 is 0 Å². The third-order valence-electron chi connectivity index (χ3n) is 6.12. The van der Waals surface area contributed by atoms with Crippen LogP contribution in [-0.4, -0.2) is 6.54 Å². The molecule has 1 atom stereocenters. The van der Waals surface area contributed by atoms with Crippen LogP contribution < -0.4 is 5.32 Å². The van der Waals surface area contributed by atoms with Gasteiger partial charge in [-0.1, -0.05) is 6.92 Å². The molecule has 0 radical (unpaired) electrons. The Morgan fingerprint density at radius 2 is 1.85 bits per heavy atom. The molecule has 4 saturated carbocycles. The van der Waals surface area contributed by atoms with Crippen molar-refractivity contribution in [3.63, 3.8) is 0 Å². The van der Waals surface area contributed by atoms with Gasteiger partial charge in [-0.05, 0) is 86.8 Å². The van der Waals surface area contributed by atoms with Crippen LogP contribution in [0.2, 0.25) is 0 Å². The Morgan fingerprint density at radius 3 is 2.35 bits per heavy atom. The highest BCUT2D eigenvalue weighted by atomic mass is 16.3. The highest BCUT2D eigenvalue weighted by molar-refractivity contribution is 5.15. The normalized spacial score (nSPS) is 40.1. The first-order chi connectivity index (χ1) is 9.79. The van der Waals surface area contributed by atoms with Gasteiger partial charge in [-0.15, -0.1) is 0 Å². The summed E-state index contributed by atoms with van der Waals surface area (Å²) < 4.78 is 5.82. The van der Waals surface area contributed by atoms with E-state index >= 15 is 0 Å². The first kappa shape index (κ1) is 12.9. The summed E-state index contributed by atoms with van der Waals surface area (Å²) >= 11 is 0. The average molecular weight is 273 g/mol. The fourth-order valence-corrected chi connectivity index (χ4v) is 5.89. The Bertz CT molecular complexity index is 415. The van der Waals surface area contributed by atoms with Crippen LogP contribution in [0.15, 0.2) is 22.8 Å². The van der Waals surface area contributed by atoms with Crippen molar-refractivity contribution in [1.29, 1.82) is 0 Å². The molecule has 4 aliphatic rings. The minimum atomic E-state index is 0.450. The summed E-state index contributed by atoms with van der Waals surface area (Å²) in [7, 11) is 0. The van der Waals surface area contributed by atoms with E-state index in [2.05, 4.69) is 24.4 Å². The minimum absolute atomic E-state index is 0.450. The predicted molar refractivity (Wildman–Crippen MR) is 80.3 cm³/mol. The summed E-state index contributed by atoms with van der Waals surface area (Å²) in [6.07, 6.45) is 11.9. The Hall–Kier alpha value is -0.760. The summed E-state index contributed by atoms with van der Waals surface area (Å²) in [4.78, 5) is 0. The zero-order valence-corrected chi connectivity index (χ0v) is 12.6. The first-order valence-electron chi connectivity index (χ1n) is 8.56. The zero-order valence-electron chi connectivity index (χ0n) is 12.6. The predicted octanol–water partition coefficient (Wildman–Crippen LogP) is 4.54. The van der Waals surface area contributed by atoms with Gasteiger partial charge in [-0.3, -0.25) is 0 Å². The van der Waals surface area contributed by atoms with E-state index in [4.69, 9.17) is 4.42 Å². The van der Waals surface area contributed by atoms with E-state index in [1.807, 2.05) is 6.26 Å². The molecule has 1 N–H and O–H groups in total. The Morgan fingerprint density at radius 1 is 1.20 bits per heavy atom. The van der Waals surface area contributed by atoms with E-state index in [0.717, 1.165) is 24.3 Å². The van der Waals surface area contributed by atoms with Crippen molar-refractivity contribution in [2.75, 3.05) is 6.54 Å². The monoisotopic (exact) mass is 273 g/mol. The minimum Gasteiger partial charge on any atom is -0.468 e.